The molecule has 8 nitrogen and oxygen atoms in total. The fourth-order valence-corrected chi connectivity index (χ4v) is 3.53. The Morgan fingerprint density at radius 2 is 1.80 bits per heavy atom. The Bertz CT molecular complexity index is 1090. The summed E-state index contributed by atoms with van der Waals surface area (Å²) in [6.07, 6.45) is 0.355. The van der Waals surface area contributed by atoms with E-state index in [1.54, 1.807) is 12.3 Å². The van der Waals surface area contributed by atoms with E-state index in [9.17, 15) is 13.6 Å². The van der Waals surface area contributed by atoms with Crippen LogP contribution in [-0.2, 0) is 6.54 Å². The predicted octanol–water partition coefficient (Wildman–Crippen LogP) is 1.84. The van der Waals surface area contributed by atoms with Crippen molar-refractivity contribution in [2.45, 2.75) is 13.0 Å². The number of aromatic nitrogens is 4. The number of nitrogens with zero attached hydrogens (tertiary/aromatic N) is 7. The van der Waals surface area contributed by atoms with Crippen LogP contribution in [-0.4, -0.2) is 66.2 Å². The lowest BCUT2D eigenvalue weighted by Gasteiger charge is -2.36. The fraction of sp³-hybridized carbons (Fsp3) is 0.400. The number of fused-ring (bicyclic) bond motifs is 1. The number of hydrogen-bond acceptors (Lipinski definition) is 7. The Balaban J connectivity index is 1.49. The molecule has 2 aromatic heterocycles. The van der Waals surface area contributed by atoms with Gasteiger partial charge in [-0.2, -0.15) is 4.98 Å². The number of anilines is 3. The Kier molecular flexibility index (Phi) is 5.47. The SMILES string of the molecule is CN(C)c1ccnc(N2CCN(c3ccc4c(=O)n(CC(F)F)cnc4c3)CC2)n1. The Morgan fingerprint density at radius 3 is 2.50 bits per heavy atom. The number of halogens is 2. The summed E-state index contributed by atoms with van der Waals surface area (Å²) in [4.78, 5) is 31.9. The zero-order valence-corrected chi connectivity index (χ0v) is 16.9. The highest BCUT2D eigenvalue weighted by molar-refractivity contribution is 5.81. The molecule has 0 atom stereocenters. The molecule has 3 heterocycles. The maximum Gasteiger partial charge on any atom is 0.261 e. The largest absolute Gasteiger partial charge is 0.368 e. The van der Waals surface area contributed by atoms with Gasteiger partial charge in [-0.1, -0.05) is 0 Å². The summed E-state index contributed by atoms with van der Waals surface area (Å²) in [5, 5.41) is 0.342. The monoisotopic (exact) mass is 415 g/mol. The topological polar surface area (TPSA) is 70.4 Å². The van der Waals surface area contributed by atoms with Gasteiger partial charge in [0.15, 0.2) is 0 Å². The van der Waals surface area contributed by atoms with Gasteiger partial charge in [0.25, 0.3) is 12.0 Å². The molecule has 1 aliphatic heterocycles. The van der Waals surface area contributed by atoms with E-state index in [2.05, 4.69) is 24.8 Å². The average molecular weight is 415 g/mol. The first-order chi connectivity index (χ1) is 14.4. The summed E-state index contributed by atoms with van der Waals surface area (Å²) in [5.74, 6) is 1.57. The van der Waals surface area contributed by atoms with Crippen LogP contribution in [0.5, 0.6) is 0 Å². The smallest absolute Gasteiger partial charge is 0.261 e. The van der Waals surface area contributed by atoms with Crippen molar-refractivity contribution >= 4 is 28.4 Å². The molecule has 1 fully saturated rings. The molecule has 0 N–H and O–H groups in total. The van der Waals surface area contributed by atoms with Gasteiger partial charge in [0.1, 0.15) is 5.82 Å². The van der Waals surface area contributed by atoms with E-state index in [1.165, 1.54) is 6.33 Å². The molecule has 1 aromatic carbocycles. The van der Waals surface area contributed by atoms with Crippen LogP contribution >= 0.6 is 0 Å². The molecule has 0 spiro atoms. The molecule has 3 aromatic rings. The summed E-state index contributed by atoms with van der Waals surface area (Å²) < 4.78 is 26.2. The van der Waals surface area contributed by atoms with Crippen molar-refractivity contribution < 1.29 is 8.78 Å². The van der Waals surface area contributed by atoms with Crippen molar-refractivity contribution in [2.75, 3.05) is 55.0 Å². The van der Waals surface area contributed by atoms with Crippen molar-refractivity contribution in [1.29, 1.82) is 0 Å². The van der Waals surface area contributed by atoms with Gasteiger partial charge in [-0.15, -0.1) is 0 Å². The van der Waals surface area contributed by atoms with Crippen molar-refractivity contribution in [3.63, 3.8) is 0 Å². The molecule has 1 aliphatic rings. The zero-order chi connectivity index (χ0) is 21.3. The van der Waals surface area contributed by atoms with E-state index >= 15 is 0 Å². The first-order valence-corrected chi connectivity index (χ1v) is 9.70. The number of piperazine rings is 1. The van der Waals surface area contributed by atoms with Crippen molar-refractivity contribution in [2.24, 2.45) is 0 Å². The third kappa shape index (κ3) is 4.03. The first kappa shape index (κ1) is 20.0. The molecule has 30 heavy (non-hydrogen) atoms. The summed E-state index contributed by atoms with van der Waals surface area (Å²) in [6.45, 7) is 2.41. The van der Waals surface area contributed by atoms with Crippen LogP contribution in [0.2, 0.25) is 0 Å². The molecule has 0 amide bonds. The standard InChI is InChI=1S/C20H23F2N7O/c1-26(2)18-5-6-23-20(25-18)28-9-7-27(8-10-28)14-3-4-15-16(11-14)24-13-29(19(15)30)12-17(21)22/h3-6,11,13,17H,7-10,12H2,1-2H3. The molecule has 0 unspecified atom stereocenters. The molecular weight excluding hydrogens is 392 g/mol. The molecule has 0 saturated carbocycles. The van der Waals surface area contributed by atoms with Crippen LogP contribution < -0.4 is 20.3 Å². The molecule has 10 heteroatoms. The van der Waals surface area contributed by atoms with Gasteiger partial charge in [-0.25, -0.2) is 18.7 Å². The molecule has 4 rings (SSSR count). The minimum absolute atomic E-state index is 0.342. The lowest BCUT2D eigenvalue weighted by molar-refractivity contribution is 0.125. The third-order valence-electron chi connectivity index (χ3n) is 5.16. The highest BCUT2D eigenvalue weighted by atomic mass is 19.3. The average Bonchev–Trinajstić information content (AvgIpc) is 2.75. The molecule has 0 bridgehead atoms. The molecule has 0 radical (unpaired) electrons. The second-order valence-electron chi connectivity index (χ2n) is 7.38. The van der Waals surface area contributed by atoms with Gasteiger partial charge in [-0.05, 0) is 24.3 Å². The maximum absolute atomic E-state index is 12.6. The lowest BCUT2D eigenvalue weighted by atomic mass is 10.2. The van der Waals surface area contributed by atoms with Crippen molar-refractivity contribution in [3.05, 3.63) is 47.1 Å². The van der Waals surface area contributed by atoms with Gasteiger partial charge >= 0.3 is 0 Å². The Labute approximate surface area is 172 Å². The predicted molar refractivity (Wildman–Crippen MR) is 113 cm³/mol. The van der Waals surface area contributed by atoms with Crippen LogP contribution in [0.3, 0.4) is 0 Å². The van der Waals surface area contributed by atoms with Gasteiger partial charge in [-0.3, -0.25) is 9.36 Å². The number of hydrogen-bond donors (Lipinski definition) is 0. The minimum atomic E-state index is -2.60. The van der Waals surface area contributed by atoms with E-state index in [1.807, 2.05) is 37.2 Å². The van der Waals surface area contributed by atoms with Gasteiger partial charge < -0.3 is 14.7 Å². The van der Waals surface area contributed by atoms with E-state index in [-0.39, 0.29) is 0 Å². The fourth-order valence-electron chi connectivity index (χ4n) is 3.53. The Hall–Kier alpha value is -3.30. The molecular formula is C20H23F2N7O. The summed E-state index contributed by atoms with van der Waals surface area (Å²) in [5.41, 5.74) is 1.01. The molecule has 0 aliphatic carbocycles. The van der Waals surface area contributed by atoms with Gasteiger partial charge in [0.2, 0.25) is 5.95 Å². The van der Waals surface area contributed by atoms with E-state index in [4.69, 9.17) is 0 Å². The van der Waals surface area contributed by atoms with Crippen LogP contribution in [0.4, 0.5) is 26.2 Å². The van der Waals surface area contributed by atoms with Crippen LogP contribution in [0.1, 0.15) is 0 Å². The third-order valence-corrected chi connectivity index (χ3v) is 5.16. The minimum Gasteiger partial charge on any atom is -0.368 e. The van der Waals surface area contributed by atoms with E-state index in [0.29, 0.717) is 16.9 Å². The zero-order valence-electron chi connectivity index (χ0n) is 16.9. The van der Waals surface area contributed by atoms with Crippen molar-refractivity contribution in [3.8, 4) is 0 Å². The molecule has 158 valence electrons. The quantitative estimate of drug-likeness (QED) is 0.630. The maximum atomic E-state index is 12.6. The summed E-state index contributed by atoms with van der Waals surface area (Å²) in [7, 11) is 3.89. The van der Waals surface area contributed by atoms with Crippen molar-refractivity contribution in [1.82, 2.24) is 19.5 Å². The second kappa shape index (κ2) is 8.21. The van der Waals surface area contributed by atoms with Gasteiger partial charge in [0, 0.05) is 52.2 Å². The Morgan fingerprint density at radius 1 is 1.07 bits per heavy atom. The lowest BCUT2D eigenvalue weighted by Crippen LogP contribution is -2.47. The van der Waals surface area contributed by atoms with E-state index < -0.39 is 18.5 Å². The summed E-state index contributed by atoms with van der Waals surface area (Å²) in [6, 6.07) is 7.22. The first-order valence-electron chi connectivity index (χ1n) is 9.70. The number of alkyl halides is 2. The second-order valence-corrected chi connectivity index (χ2v) is 7.38. The molecule has 1 saturated heterocycles. The van der Waals surface area contributed by atoms with Crippen LogP contribution in [0.15, 0.2) is 41.6 Å². The normalized spacial score (nSPS) is 14.6. The highest BCUT2D eigenvalue weighted by Crippen LogP contribution is 2.22. The number of rotatable bonds is 5. The van der Waals surface area contributed by atoms with Crippen LogP contribution in [0, 0.1) is 0 Å². The highest BCUT2D eigenvalue weighted by Gasteiger charge is 2.20. The van der Waals surface area contributed by atoms with Gasteiger partial charge in [0.05, 0.1) is 23.8 Å². The number of benzene rings is 1. The van der Waals surface area contributed by atoms with Crippen LogP contribution in [0.25, 0.3) is 10.9 Å². The summed E-state index contributed by atoms with van der Waals surface area (Å²) >= 11 is 0. The van der Waals surface area contributed by atoms with E-state index in [0.717, 1.165) is 42.3 Å².